The summed E-state index contributed by atoms with van der Waals surface area (Å²) >= 11 is 13.7. The molecule has 49 heavy (non-hydrogen) atoms. The molecule has 1 saturated heterocycles. The molecule has 0 bridgehead atoms. The van der Waals surface area contributed by atoms with Gasteiger partial charge in [-0.1, -0.05) is 111 Å². The van der Waals surface area contributed by atoms with Crippen LogP contribution >= 0.6 is 23.2 Å². The number of aromatic nitrogens is 1. The van der Waals surface area contributed by atoms with E-state index in [-0.39, 0.29) is 38.3 Å². The lowest BCUT2D eigenvalue weighted by Gasteiger charge is -2.43. The van der Waals surface area contributed by atoms with E-state index in [2.05, 4.69) is 50.0 Å². The van der Waals surface area contributed by atoms with Gasteiger partial charge in [-0.05, 0) is 61.3 Å². The Morgan fingerprint density at radius 1 is 0.918 bits per heavy atom. The molecule has 7 nitrogen and oxygen atoms in total. The van der Waals surface area contributed by atoms with Gasteiger partial charge < -0.3 is 19.0 Å². The number of piperazine rings is 1. The number of nitrogens with one attached hydrogen (secondary N) is 1. The molecule has 0 saturated carbocycles. The average molecular weight is 722 g/mol. The zero-order valence-electron chi connectivity index (χ0n) is 29.0. The summed E-state index contributed by atoms with van der Waals surface area (Å²) in [5, 5.41) is 10.9. The topological polar surface area (TPSA) is 78.8 Å². The monoisotopic (exact) mass is 720 g/mol. The first-order valence-corrected chi connectivity index (χ1v) is 19.0. The van der Waals surface area contributed by atoms with Crippen molar-refractivity contribution in [2.45, 2.75) is 65.1 Å². The summed E-state index contributed by atoms with van der Waals surface area (Å²) in [4.78, 5) is 20.8. The van der Waals surface area contributed by atoms with Crippen LogP contribution in [0.25, 0.3) is 11.3 Å². The van der Waals surface area contributed by atoms with Crippen molar-refractivity contribution in [1.29, 1.82) is 5.41 Å². The summed E-state index contributed by atoms with van der Waals surface area (Å²) in [6.45, 7) is 15.0. The van der Waals surface area contributed by atoms with Gasteiger partial charge in [-0.15, -0.1) is 0 Å². The van der Waals surface area contributed by atoms with Gasteiger partial charge in [0, 0.05) is 25.7 Å². The third kappa shape index (κ3) is 7.49. The van der Waals surface area contributed by atoms with E-state index >= 15 is 4.39 Å². The Morgan fingerprint density at radius 2 is 1.51 bits per heavy atom. The van der Waals surface area contributed by atoms with Gasteiger partial charge in [0.2, 0.25) is 0 Å². The van der Waals surface area contributed by atoms with Crippen LogP contribution in [0.1, 0.15) is 54.0 Å². The molecule has 2 heterocycles. The highest BCUT2D eigenvalue weighted by molar-refractivity contribution is 7.00. The molecule has 1 aromatic heterocycles. The Labute approximate surface area is 299 Å². The minimum atomic E-state index is -3.14. The Balaban J connectivity index is 1.52. The molecule has 0 radical (unpaired) electrons. The molecule has 1 unspecified atom stereocenters. The number of ether oxygens (including phenoxy) is 1. The molecule has 1 amide bonds. The normalized spacial score (nSPS) is 15.6. The fourth-order valence-corrected chi connectivity index (χ4v) is 11.3. The Kier molecular flexibility index (Phi) is 10.5. The van der Waals surface area contributed by atoms with Gasteiger partial charge in [0.15, 0.2) is 0 Å². The highest BCUT2D eigenvalue weighted by atomic mass is 35.5. The van der Waals surface area contributed by atoms with Crippen molar-refractivity contribution in [3.05, 3.63) is 106 Å². The van der Waals surface area contributed by atoms with E-state index in [9.17, 15) is 4.79 Å². The molecule has 11 heteroatoms. The van der Waals surface area contributed by atoms with Crippen molar-refractivity contribution < 1.29 is 18.3 Å². The van der Waals surface area contributed by atoms with E-state index in [1.165, 1.54) is 6.07 Å². The Morgan fingerprint density at radius 3 is 2.04 bits per heavy atom. The molecule has 258 valence electrons. The predicted octanol–water partition coefficient (Wildman–Crippen LogP) is 8.40. The van der Waals surface area contributed by atoms with Gasteiger partial charge >= 0.3 is 14.4 Å². The lowest BCUT2D eigenvalue weighted by atomic mass is 10.1. The van der Waals surface area contributed by atoms with E-state index in [1.54, 1.807) is 23.1 Å². The van der Waals surface area contributed by atoms with E-state index in [0.29, 0.717) is 30.9 Å². The summed E-state index contributed by atoms with van der Waals surface area (Å²) in [7, 11) is -3.14. The molecule has 1 atom stereocenters. The number of rotatable bonds is 6. The highest BCUT2D eigenvalue weighted by Gasteiger charge is 2.52. The summed E-state index contributed by atoms with van der Waals surface area (Å²) in [6, 6.07) is 26.2. The van der Waals surface area contributed by atoms with Crippen molar-refractivity contribution in [2.24, 2.45) is 0 Å². The number of amides is 1. The maximum absolute atomic E-state index is 16.0. The molecular formula is C38H43Cl2FN4O3Si. The first-order chi connectivity index (χ1) is 23.0. The van der Waals surface area contributed by atoms with E-state index in [4.69, 9.17) is 37.8 Å². The molecule has 0 aliphatic carbocycles. The minimum absolute atomic E-state index is 0.00539. The zero-order valence-corrected chi connectivity index (χ0v) is 31.5. The summed E-state index contributed by atoms with van der Waals surface area (Å²) in [5.41, 5.74) is -0.0829. The van der Waals surface area contributed by atoms with E-state index in [0.717, 1.165) is 10.4 Å². The number of carbonyl (C=O) groups excluding carboxylic acids is 1. The summed E-state index contributed by atoms with van der Waals surface area (Å²) < 4.78 is 28.8. The lowest BCUT2D eigenvalue weighted by molar-refractivity contribution is 0.0133. The number of halogens is 3. The Bertz CT molecular complexity index is 1790. The molecule has 4 aromatic rings. The summed E-state index contributed by atoms with van der Waals surface area (Å²) in [6.07, 6.45) is -0.390. The van der Waals surface area contributed by atoms with Crippen molar-refractivity contribution in [1.82, 2.24) is 14.8 Å². The number of hydrogen-bond donors (Lipinski definition) is 1. The quantitative estimate of drug-likeness (QED) is 0.0937. The van der Waals surface area contributed by atoms with Gasteiger partial charge in [0.25, 0.3) is 0 Å². The molecule has 3 aromatic carbocycles. The van der Waals surface area contributed by atoms with Crippen LogP contribution in [0.2, 0.25) is 15.2 Å². The second-order valence-corrected chi connectivity index (χ2v) is 19.3. The SMILES string of the molecule is CC1CN(C(=O)OC(C)(C)C)CCN1C(=N)c1cc(Cl)c(-c2c(F)cccc2O[Si](c2ccccc2)(c2ccccc2)C(C)(C)C)nc1Cl. The molecular weight excluding hydrogens is 678 g/mol. The second-order valence-electron chi connectivity index (χ2n) is 14.4. The molecule has 0 spiro atoms. The minimum Gasteiger partial charge on any atom is -0.533 e. The third-order valence-corrected chi connectivity index (χ3v) is 14.2. The molecule has 1 fully saturated rings. The van der Waals surface area contributed by atoms with Gasteiger partial charge in [0.05, 0.1) is 21.8 Å². The Hall–Kier alpha value is -3.92. The number of benzene rings is 3. The van der Waals surface area contributed by atoms with Crippen LogP contribution in [-0.2, 0) is 4.74 Å². The number of pyridine rings is 1. The van der Waals surface area contributed by atoms with Crippen molar-refractivity contribution in [2.75, 3.05) is 19.6 Å². The van der Waals surface area contributed by atoms with Crippen LogP contribution in [0.5, 0.6) is 5.75 Å². The van der Waals surface area contributed by atoms with Gasteiger partial charge in [-0.2, -0.15) is 0 Å². The smallest absolute Gasteiger partial charge is 0.410 e. The first kappa shape index (κ1) is 36.4. The number of nitrogens with zero attached hydrogens (tertiary/aromatic N) is 3. The fraction of sp³-hybridized carbons (Fsp3) is 0.342. The average Bonchev–Trinajstić information content (AvgIpc) is 3.04. The highest BCUT2D eigenvalue weighted by Crippen LogP contribution is 2.43. The van der Waals surface area contributed by atoms with Crippen LogP contribution < -0.4 is 14.8 Å². The van der Waals surface area contributed by atoms with Gasteiger partial charge in [-0.25, -0.2) is 14.2 Å². The predicted molar refractivity (Wildman–Crippen MR) is 199 cm³/mol. The van der Waals surface area contributed by atoms with Crippen LogP contribution in [0, 0.1) is 11.2 Å². The van der Waals surface area contributed by atoms with Crippen molar-refractivity contribution >= 4 is 53.8 Å². The number of amidine groups is 1. The maximum Gasteiger partial charge on any atom is 0.410 e. The second kappa shape index (κ2) is 14.1. The summed E-state index contributed by atoms with van der Waals surface area (Å²) in [5.74, 6) is -0.148. The molecule has 1 aliphatic heterocycles. The number of hydrogen-bond acceptors (Lipinski definition) is 5. The van der Waals surface area contributed by atoms with Crippen LogP contribution in [0.3, 0.4) is 0 Å². The van der Waals surface area contributed by atoms with Gasteiger partial charge in [-0.3, -0.25) is 5.41 Å². The van der Waals surface area contributed by atoms with Crippen molar-refractivity contribution in [3.63, 3.8) is 0 Å². The van der Waals surface area contributed by atoms with E-state index < -0.39 is 25.8 Å². The van der Waals surface area contributed by atoms with Crippen LogP contribution in [0.4, 0.5) is 9.18 Å². The van der Waals surface area contributed by atoms with Gasteiger partial charge in [0.1, 0.15) is 28.2 Å². The number of carbonyl (C=O) groups is 1. The third-order valence-electron chi connectivity index (χ3n) is 8.64. The largest absolute Gasteiger partial charge is 0.533 e. The molecule has 5 rings (SSSR count). The zero-order chi connectivity index (χ0) is 35.7. The first-order valence-electron chi connectivity index (χ1n) is 16.3. The fourth-order valence-electron chi connectivity index (χ4n) is 6.38. The van der Waals surface area contributed by atoms with Crippen LogP contribution in [0.15, 0.2) is 84.9 Å². The van der Waals surface area contributed by atoms with Crippen molar-refractivity contribution in [3.8, 4) is 17.0 Å². The maximum atomic E-state index is 16.0. The lowest BCUT2D eigenvalue weighted by Crippen LogP contribution is -2.68. The molecule has 1 aliphatic rings. The van der Waals surface area contributed by atoms with Crippen LogP contribution in [-0.4, -0.2) is 66.3 Å². The standard InChI is InChI=1S/C38H43Cl2FN4O3Si/c1-25-24-44(36(46)47-37(2,3)4)21-22-45(25)35(42)28-23-29(39)33(43-34(28)40)32-30(41)19-14-20-31(32)48-49(38(5,6)7,26-15-10-8-11-16-26)27-17-12-9-13-18-27/h8-20,23,25,42H,21-22,24H2,1-7H3. The van der Waals surface area contributed by atoms with E-state index in [1.807, 2.05) is 69.0 Å². The molecule has 1 N–H and O–H groups in total.